The molecule has 488 valence electrons. The van der Waals surface area contributed by atoms with Crippen LogP contribution in [0.1, 0.15) is 5.56 Å². The monoisotopic (exact) mass is 1340 g/mol. The van der Waals surface area contributed by atoms with Crippen LogP contribution in [-0.2, 0) is 0 Å². The summed E-state index contributed by atoms with van der Waals surface area (Å²) in [4.78, 5) is 15.0. The van der Waals surface area contributed by atoms with E-state index in [-0.39, 0.29) is 0 Å². The second-order valence-corrected chi connectivity index (χ2v) is 27.5. The maximum absolute atomic E-state index is 9.31. The minimum Gasteiger partial charge on any atom is -0.247 e. The fraction of sp³-hybridized carbons (Fsp3) is 0. The van der Waals surface area contributed by atoms with Gasteiger partial charge in [0.2, 0.25) is 0 Å². The largest absolute Gasteiger partial charge is 0.247 e. The summed E-state index contributed by atoms with van der Waals surface area (Å²) in [5.74, 6) is 0. The highest BCUT2D eigenvalue weighted by Gasteiger charge is 2.23. The Morgan fingerprint density at radius 1 is 0.217 bits per heavy atom. The number of benzene rings is 19. The molecule has 0 aliphatic heterocycles. The summed E-state index contributed by atoms with van der Waals surface area (Å²) in [7, 11) is 0. The molecule has 0 bridgehead atoms. The van der Waals surface area contributed by atoms with Crippen LogP contribution < -0.4 is 0 Å². The van der Waals surface area contributed by atoms with Crippen LogP contribution >= 0.6 is 0 Å². The van der Waals surface area contributed by atoms with E-state index >= 15 is 0 Å². The van der Waals surface area contributed by atoms with Gasteiger partial charge in [-0.15, -0.1) is 0 Å². The predicted octanol–water partition coefficient (Wildman–Crippen LogP) is 28.1. The van der Waals surface area contributed by atoms with Crippen LogP contribution in [-0.4, -0.2) is 9.97 Å². The molecule has 4 heteroatoms. The van der Waals surface area contributed by atoms with Gasteiger partial charge in [-0.05, 0) is 219 Å². The quantitative estimate of drug-likeness (QED) is 0.118. The first kappa shape index (κ1) is 61.4. The number of nitriles is 1. The third-order valence-electron chi connectivity index (χ3n) is 21.7. The minimum atomic E-state index is 0.629. The van der Waals surface area contributed by atoms with E-state index in [4.69, 9.17) is 16.5 Å². The van der Waals surface area contributed by atoms with E-state index in [2.05, 4.69) is 332 Å². The topological polar surface area (TPSA) is 53.9 Å². The van der Waals surface area contributed by atoms with Crippen molar-refractivity contribution in [1.82, 2.24) is 9.97 Å². The standard InChI is InChI=1S/C54H32N2.C48H28N2/c55-33-34-21-23-35(24-22-34)36-25-27-37(28-26-36)48-31-52-50(49-29-38-11-1-3-13-40(38)42-15-5-7-17-44(42)49)32-53(56-54(52)47-20-10-9-19-46(47)48)51-30-39-12-2-4-14-41(39)43-16-6-8-18-45(43)51;1-49-33-16-12-15-30(25-33)42-28-46-44(43-26-31-13-2-4-17-34(31)36-19-6-8-21-38(36)43)29-47(50-48(46)41-24-11-10-23-40(41)42)45-27-32-14-3-5-18-35(32)37-20-7-9-22-39(37)45/h1-32H;2-29H. The van der Waals surface area contributed by atoms with Gasteiger partial charge in [0.15, 0.2) is 5.69 Å². The lowest BCUT2D eigenvalue weighted by atomic mass is 9.87. The first-order chi connectivity index (χ1) is 52.5. The van der Waals surface area contributed by atoms with Crippen molar-refractivity contribution in [2.45, 2.75) is 0 Å². The van der Waals surface area contributed by atoms with Crippen molar-refractivity contribution in [2.75, 3.05) is 0 Å². The van der Waals surface area contributed by atoms with E-state index in [0.717, 1.165) is 110 Å². The van der Waals surface area contributed by atoms with Gasteiger partial charge in [0, 0.05) is 32.7 Å². The van der Waals surface area contributed by atoms with Crippen molar-refractivity contribution in [3.8, 4) is 84.2 Å². The first-order valence-electron chi connectivity index (χ1n) is 35.9. The molecule has 0 spiro atoms. The molecule has 4 nitrogen and oxygen atoms in total. The van der Waals surface area contributed by atoms with Gasteiger partial charge in [0.05, 0.1) is 40.6 Å². The molecule has 21 aromatic rings. The summed E-state index contributed by atoms with van der Waals surface area (Å²) in [6, 6.07) is 132. The van der Waals surface area contributed by atoms with Crippen LogP contribution in [0, 0.1) is 17.9 Å². The molecule has 0 amide bonds. The molecule has 106 heavy (non-hydrogen) atoms. The van der Waals surface area contributed by atoms with Crippen molar-refractivity contribution in [1.29, 1.82) is 5.26 Å². The summed E-state index contributed by atoms with van der Waals surface area (Å²) >= 11 is 0. The Balaban J connectivity index is 0.000000141. The molecule has 2 aromatic heterocycles. The molecule has 0 fully saturated rings. The molecular weight excluding hydrogens is 1280 g/mol. The molecular formula is C102H60N4. The van der Waals surface area contributed by atoms with E-state index in [1.807, 2.05) is 42.5 Å². The highest BCUT2D eigenvalue weighted by atomic mass is 14.7. The lowest BCUT2D eigenvalue weighted by Gasteiger charge is -2.18. The molecule has 0 unspecified atom stereocenters. The normalized spacial score (nSPS) is 11.6. The van der Waals surface area contributed by atoms with Gasteiger partial charge >= 0.3 is 0 Å². The van der Waals surface area contributed by atoms with Gasteiger partial charge in [-0.1, -0.05) is 297 Å². The highest BCUT2D eigenvalue weighted by Crippen LogP contribution is 2.48. The number of aromatic nitrogens is 2. The van der Waals surface area contributed by atoms with Gasteiger partial charge in [-0.2, -0.15) is 5.26 Å². The zero-order valence-corrected chi connectivity index (χ0v) is 57.4. The van der Waals surface area contributed by atoms with Crippen molar-refractivity contribution < 1.29 is 0 Å². The number of pyridine rings is 2. The molecule has 21 rings (SSSR count). The smallest absolute Gasteiger partial charge is 0.187 e. The maximum Gasteiger partial charge on any atom is 0.187 e. The number of rotatable bonds is 7. The lowest BCUT2D eigenvalue weighted by molar-refractivity contribution is 1.42. The average Bonchev–Trinajstić information content (AvgIpc) is 0.728. The molecule has 0 aliphatic rings. The molecule has 0 aliphatic carbocycles. The van der Waals surface area contributed by atoms with Crippen molar-refractivity contribution in [2.24, 2.45) is 0 Å². The Bertz CT molecular complexity index is 7340. The highest BCUT2D eigenvalue weighted by molar-refractivity contribution is 6.25. The second kappa shape index (κ2) is 25.3. The zero-order valence-electron chi connectivity index (χ0n) is 57.4. The molecule has 0 atom stereocenters. The van der Waals surface area contributed by atoms with Crippen LogP contribution in [0.5, 0.6) is 0 Å². The third kappa shape index (κ3) is 10.3. The van der Waals surface area contributed by atoms with Crippen LogP contribution in [0.2, 0.25) is 0 Å². The number of hydrogen-bond donors (Lipinski definition) is 0. The first-order valence-corrected chi connectivity index (χ1v) is 35.9. The molecule has 0 N–H and O–H groups in total. The van der Waals surface area contributed by atoms with Crippen molar-refractivity contribution in [3.05, 3.63) is 381 Å². The fourth-order valence-corrected chi connectivity index (χ4v) is 16.7. The second-order valence-electron chi connectivity index (χ2n) is 27.5. The average molecular weight is 1340 g/mol. The van der Waals surface area contributed by atoms with Gasteiger partial charge in [-0.25, -0.2) is 14.8 Å². The fourth-order valence-electron chi connectivity index (χ4n) is 16.7. The minimum absolute atomic E-state index is 0.629. The van der Waals surface area contributed by atoms with E-state index in [1.54, 1.807) is 0 Å². The summed E-state index contributed by atoms with van der Waals surface area (Å²) in [6.07, 6.45) is 0. The Hall–Kier alpha value is -14.4. The number of hydrogen-bond acceptors (Lipinski definition) is 3. The summed E-state index contributed by atoms with van der Waals surface area (Å²) in [5, 5.41) is 35.5. The van der Waals surface area contributed by atoms with E-state index in [0.29, 0.717) is 11.3 Å². The number of nitrogens with zero attached hydrogens (tertiary/aromatic N) is 4. The van der Waals surface area contributed by atoms with Gasteiger partial charge < -0.3 is 0 Å². The molecule has 19 aromatic carbocycles. The third-order valence-corrected chi connectivity index (χ3v) is 21.7. The Morgan fingerprint density at radius 3 is 0.887 bits per heavy atom. The Labute approximate surface area is 611 Å². The van der Waals surface area contributed by atoms with Gasteiger partial charge in [-0.3, -0.25) is 0 Å². The maximum atomic E-state index is 9.31. The van der Waals surface area contributed by atoms with Crippen LogP contribution in [0.4, 0.5) is 5.69 Å². The zero-order chi connectivity index (χ0) is 70.3. The molecule has 0 saturated carbocycles. The summed E-state index contributed by atoms with van der Waals surface area (Å²) in [6.45, 7) is 7.71. The summed E-state index contributed by atoms with van der Waals surface area (Å²) in [5.41, 5.74) is 18.7. The SMILES string of the molecule is N#Cc1ccc(-c2ccc(-c3cc4c(-c5cc6ccccc6c6ccccc56)cc(-c5cc6ccccc6c6ccccc56)nc4c4ccccc34)cc2)cc1.[C-]#[N+]c1cccc(-c2cc3c(-c4cc5ccccc5c5ccccc45)cc(-c4cc5ccccc5c5ccccc45)nc3c3ccccc23)c1. The van der Waals surface area contributed by atoms with E-state index in [1.165, 1.54) is 97.3 Å². The summed E-state index contributed by atoms with van der Waals surface area (Å²) < 4.78 is 0. The Kier molecular flexibility index (Phi) is 14.7. The van der Waals surface area contributed by atoms with Gasteiger partial charge in [0.25, 0.3) is 0 Å². The van der Waals surface area contributed by atoms with Gasteiger partial charge in [0.1, 0.15) is 0 Å². The van der Waals surface area contributed by atoms with Crippen molar-refractivity contribution >= 4 is 135 Å². The molecule has 2 heterocycles. The Morgan fingerprint density at radius 2 is 0.509 bits per heavy atom. The molecule has 0 radical (unpaired) electrons. The van der Waals surface area contributed by atoms with Crippen LogP contribution in [0.15, 0.2) is 364 Å². The lowest BCUT2D eigenvalue weighted by Crippen LogP contribution is -1.95. The van der Waals surface area contributed by atoms with E-state index < -0.39 is 0 Å². The van der Waals surface area contributed by atoms with Crippen molar-refractivity contribution in [3.63, 3.8) is 0 Å². The van der Waals surface area contributed by atoms with E-state index in [9.17, 15) is 5.26 Å². The van der Waals surface area contributed by atoms with Crippen LogP contribution in [0.25, 0.3) is 213 Å². The number of fused-ring (bicyclic) bond motifs is 18. The predicted molar refractivity (Wildman–Crippen MR) is 448 cm³/mol. The van der Waals surface area contributed by atoms with Crippen LogP contribution in [0.3, 0.4) is 0 Å². The molecule has 0 saturated heterocycles.